The Morgan fingerprint density at radius 3 is 2.41 bits per heavy atom. The number of carbonyl (C=O) groups is 1. The number of benzene rings is 3. The minimum absolute atomic E-state index is 0.00623. The molecule has 3 aromatic carbocycles. The number of hydrogen-bond donors (Lipinski definition) is 2. The predicted octanol–water partition coefficient (Wildman–Crippen LogP) is 2.92. The van der Waals surface area contributed by atoms with Gasteiger partial charge in [0.1, 0.15) is 5.82 Å². The van der Waals surface area contributed by atoms with Crippen molar-refractivity contribution in [3.8, 4) is 0 Å². The number of aromatic amines is 1. The number of nitrogen functional groups attached to an aromatic ring is 1. The van der Waals surface area contributed by atoms with Gasteiger partial charge in [-0.25, -0.2) is 4.79 Å². The lowest BCUT2D eigenvalue weighted by Crippen LogP contribution is -2.41. The Labute approximate surface area is 184 Å². The number of likely N-dealkylation sites (N-methyl/N-ethyl adjacent to an activating group) is 1. The summed E-state index contributed by atoms with van der Waals surface area (Å²) >= 11 is 0. The molecule has 32 heavy (non-hydrogen) atoms. The van der Waals surface area contributed by atoms with Gasteiger partial charge in [-0.2, -0.15) is 0 Å². The van der Waals surface area contributed by atoms with Gasteiger partial charge in [0, 0.05) is 6.54 Å². The lowest BCUT2D eigenvalue weighted by molar-refractivity contribution is -0.117. The molecule has 0 atom stereocenters. The SMILES string of the molecule is CCN(C(=O)Cc1cccc2ccccc12)c1c(N)n(Cc2ccccc2)c(=O)[nH]c1=O. The molecule has 0 radical (unpaired) electrons. The fourth-order valence-corrected chi connectivity index (χ4v) is 3.93. The van der Waals surface area contributed by atoms with Crippen molar-refractivity contribution in [3.05, 3.63) is 105 Å². The van der Waals surface area contributed by atoms with Crippen molar-refractivity contribution in [2.24, 2.45) is 0 Å². The standard InChI is InChI=1S/C25H24N4O3/c1-2-28(21(30)15-19-13-8-12-18-11-6-7-14-20(18)19)22-23(26)29(25(32)27-24(22)31)16-17-9-4-3-5-10-17/h3-14H,2,15-16,26H2,1H3,(H,27,31,32). The summed E-state index contributed by atoms with van der Waals surface area (Å²) in [5, 5.41) is 2.02. The molecule has 0 aliphatic heterocycles. The molecule has 0 aliphatic rings. The Bertz CT molecular complexity index is 1380. The van der Waals surface area contributed by atoms with Gasteiger partial charge in [-0.05, 0) is 28.8 Å². The highest BCUT2D eigenvalue weighted by molar-refractivity contribution is 5.99. The first kappa shape index (κ1) is 21.1. The van der Waals surface area contributed by atoms with Crippen LogP contribution < -0.4 is 21.9 Å². The second kappa shape index (κ2) is 8.93. The Morgan fingerprint density at radius 1 is 0.969 bits per heavy atom. The van der Waals surface area contributed by atoms with E-state index in [-0.39, 0.29) is 36.9 Å². The molecule has 4 aromatic rings. The molecule has 7 heteroatoms. The van der Waals surface area contributed by atoms with Gasteiger partial charge >= 0.3 is 5.69 Å². The van der Waals surface area contributed by atoms with E-state index in [0.717, 1.165) is 21.9 Å². The molecule has 0 bridgehead atoms. The number of rotatable bonds is 6. The van der Waals surface area contributed by atoms with Gasteiger partial charge in [-0.1, -0.05) is 72.8 Å². The van der Waals surface area contributed by atoms with Gasteiger partial charge in [0.25, 0.3) is 5.56 Å². The van der Waals surface area contributed by atoms with Crippen LogP contribution in [0.1, 0.15) is 18.1 Å². The first-order valence-electron chi connectivity index (χ1n) is 10.4. The third-order valence-corrected chi connectivity index (χ3v) is 5.51. The molecule has 0 saturated heterocycles. The molecule has 3 N–H and O–H groups in total. The molecule has 0 spiro atoms. The van der Waals surface area contributed by atoms with Crippen molar-refractivity contribution in [2.75, 3.05) is 17.2 Å². The number of hydrogen-bond acceptors (Lipinski definition) is 4. The molecule has 0 saturated carbocycles. The number of fused-ring (bicyclic) bond motifs is 1. The average Bonchev–Trinajstić information content (AvgIpc) is 2.80. The van der Waals surface area contributed by atoms with E-state index in [1.54, 1.807) is 6.92 Å². The summed E-state index contributed by atoms with van der Waals surface area (Å²) in [6.45, 7) is 2.19. The van der Waals surface area contributed by atoms with Crippen molar-refractivity contribution in [1.82, 2.24) is 9.55 Å². The van der Waals surface area contributed by atoms with E-state index in [1.165, 1.54) is 9.47 Å². The Balaban J connectivity index is 1.72. The molecule has 7 nitrogen and oxygen atoms in total. The number of nitrogens with zero attached hydrogens (tertiary/aromatic N) is 2. The molecule has 1 aromatic heterocycles. The van der Waals surface area contributed by atoms with Gasteiger partial charge < -0.3 is 10.6 Å². The third kappa shape index (κ3) is 4.05. The second-order valence-corrected chi connectivity index (χ2v) is 7.52. The van der Waals surface area contributed by atoms with Gasteiger partial charge in [-0.3, -0.25) is 19.1 Å². The third-order valence-electron chi connectivity index (χ3n) is 5.51. The summed E-state index contributed by atoms with van der Waals surface area (Å²) in [4.78, 5) is 42.1. The smallest absolute Gasteiger partial charge is 0.330 e. The Kier molecular flexibility index (Phi) is 5.89. The summed E-state index contributed by atoms with van der Waals surface area (Å²) in [6.07, 6.45) is 0.103. The minimum atomic E-state index is -0.676. The maximum Gasteiger partial charge on any atom is 0.330 e. The lowest BCUT2D eigenvalue weighted by Gasteiger charge is -2.23. The van der Waals surface area contributed by atoms with E-state index in [4.69, 9.17) is 5.73 Å². The first-order valence-corrected chi connectivity index (χ1v) is 10.4. The van der Waals surface area contributed by atoms with E-state index < -0.39 is 11.2 Å². The molecular formula is C25H24N4O3. The normalized spacial score (nSPS) is 10.9. The van der Waals surface area contributed by atoms with E-state index in [2.05, 4.69) is 4.98 Å². The number of amides is 1. The Morgan fingerprint density at radius 2 is 1.66 bits per heavy atom. The second-order valence-electron chi connectivity index (χ2n) is 7.52. The number of aromatic nitrogens is 2. The number of anilines is 2. The maximum absolute atomic E-state index is 13.3. The van der Waals surface area contributed by atoms with E-state index in [1.807, 2.05) is 72.8 Å². The number of H-pyrrole nitrogens is 1. The molecule has 1 heterocycles. The van der Waals surface area contributed by atoms with Crippen molar-refractivity contribution in [3.63, 3.8) is 0 Å². The maximum atomic E-state index is 13.3. The number of nitrogens with two attached hydrogens (primary N) is 1. The van der Waals surface area contributed by atoms with Crippen LogP contribution in [0.2, 0.25) is 0 Å². The van der Waals surface area contributed by atoms with Crippen LogP contribution in [0.4, 0.5) is 11.5 Å². The molecule has 1 amide bonds. The van der Waals surface area contributed by atoms with E-state index in [9.17, 15) is 14.4 Å². The molecule has 0 fully saturated rings. The summed E-state index contributed by atoms with van der Waals surface area (Å²) in [6, 6.07) is 22.9. The summed E-state index contributed by atoms with van der Waals surface area (Å²) in [5.41, 5.74) is 6.70. The largest absolute Gasteiger partial charge is 0.383 e. The summed E-state index contributed by atoms with van der Waals surface area (Å²) in [7, 11) is 0. The highest BCUT2D eigenvalue weighted by Crippen LogP contribution is 2.22. The van der Waals surface area contributed by atoms with Crippen molar-refractivity contribution in [2.45, 2.75) is 19.9 Å². The van der Waals surface area contributed by atoms with Crippen molar-refractivity contribution < 1.29 is 4.79 Å². The van der Waals surface area contributed by atoms with Gasteiger partial charge in [0.2, 0.25) is 5.91 Å². The number of nitrogens with one attached hydrogen (secondary N) is 1. The molecule has 162 valence electrons. The highest BCUT2D eigenvalue weighted by Gasteiger charge is 2.23. The molecule has 0 aliphatic carbocycles. The summed E-state index contributed by atoms with van der Waals surface area (Å²) < 4.78 is 1.28. The first-order chi connectivity index (χ1) is 15.5. The zero-order valence-corrected chi connectivity index (χ0v) is 17.7. The van der Waals surface area contributed by atoms with Crippen LogP contribution >= 0.6 is 0 Å². The average molecular weight is 428 g/mol. The molecular weight excluding hydrogens is 404 g/mol. The topological polar surface area (TPSA) is 101 Å². The van der Waals surface area contributed by atoms with Gasteiger partial charge in [-0.15, -0.1) is 0 Å². The van der Waals surface area contributed by atoms with Crippen LogP contribution in [0, 0.1) is 0 Å². The molecule has 4 rings (SSSR count). The zero-order valence-electron chi connectivity index (χ0n) is 17.7. The molecule has 0 unspecified atom stereocenters. The highest BCUT2D eigenvalue weighted by atomic mass is 16.2. The fourth-order valence-electron chi connectivity index (χ4n) is 3.93. The summed E-state index contributed by atoms with van der Waals surface area (Å²) in [5.74, 6) is -0.304. The fraction of sp³-hybridized carbons (Fsp3) is 0.160. The van der Waals surface area contributed by atoms with E-state index >= 15 is 0 Å². The van der Waals surface area contributed by atoms with Crippen LogP contribution in [0.15, 0.2) is 82.4 Å². The quantitative estimate of drug-likeness (QED) is 0.493. The van der Waals surface area contributed by atoms with Crippen LogP contribution in [-0.4, -0.2) is 22.0 Å². The van der Waals surface area contributed by atoms with Crippen LogP contribution in [0.25, 0.3) is 10.8 Å². The van der Waals surface area contributed by atoms with E-state index in [0.29, 0.717) is 0 Å². The monoisotopic (exact) mass is 428 g/mol. The van der Waals surface area contributed by atoms with Crippen LogP contribution in [-0.2, 0) is 17.8 Å². The predicted molar refractivity (Wildman–Crippen MR) is 127 cm³/mol. The van der Waals surface area contributed by atoms with Gasteiger partial charge in [0.05, 0.1) is 13.0 Å². The number of carbonyl (C=O) groups excluding carboxylic acids is 1. The zero-order chi connectivity index (χ0) is 22.7. The van der Waals surface area contributed by atoms with Crippen LogP contribution in [0.3, 0.4) is 0 Å². The van der Waals surface area contributed by atoms with Crippen molar-refractivity contribution in [1.29, 1.82) is 0 Å². The van der Waals surface area contributed by atoms with Crippen molar-refractivity contribution >= 4 is 28.2 Å². The van der Waals surface area contributed by atoms with Crippen LogP contribution in [0.5, 0.6) is 0 Å². The lowest BCUT2D eigenvalue weighted by atomic mass is 10.0. The Hall–Kier alpha value is -4.13. The van der Waals surface area contributed by atoms with Gasteiger partial charge in [0.15, 0.2) is 5.69 Å². The minimum Gasteiger partial charge on any atom is -0.383 e.